The van der Waals surface area contributed by atoms with Crippen LogP contribution >= 0.6 is 0 Å². The predicted octanol–water partition coefficient (Wildman–Crippen LogP) is 4.76. The first-order valence-corrected chi connectivity index (χ1v) is 7.43. The lowest BCUT2D eigenvalue weighted by Crippen LogP contribution is -2.14. The fourth-order valence-corrected chi connectivity index (χ4v) is 2.12. The van der Waals surface area contributed by atoms with Crippen LogP contribution in [0.25, 0.3) is 17.2 Å². The van der Waals surface area contributed by atoms with Crippen LogP contribution in [0.1, 0.15) is 25.3 Å². The second-order valence-electron chi connectivity index (χ2n) is 4.93. The molecule has 0 atom stereocenters. The van der Waals surface area contributed by atoms with Crippen LogP contribution in [0.5, 0.6) is 0 Å². The van der Waals surface area contributed by atoms with E-state index in [9.17, 15) is 0 Å². The van der Waals surface area contributed by atoms with Gasteiger partial charge >= 0.3 is 0 Å². The lowest BCUT2D eigenvalue weighted by atomic mass is 10.0. The summed E-state index contributed by atoms with van der Waals surface area (Å²) < 4.78 is 0. The van der Waals surface area contributed by atoms with Crippen LogP contribution < -0.4 is 5.32 Å². The quantitative estimate of drug-likeness (QED) is 0.712. The summed E-state index contributed by atoms with van der Waals surface area (Å²) in [5, 5.41) is 3.40. The molecular formula is C19H23N. The van der Waals surface area contributed by atoms with Gasteiger partial charge in [0.25, 0.3) is 0 Å². The van der Waals surface area contributed by atoms with Gasteiger partial charge in [-0.05, 0) is 42.6 Å². The molecule has 0 saturated carbocycles. The summed E-state index contributed by atoms with van der Waals surface area (Å²) in [6.45, 7) is 4.36. The molecule has 20 heavy (non-hydrogen) atoms. The Hall–Kier alpha value is -1.86. The maximum Gasteiger partial charge on any atom is -0.00142 e. The van der Waals surface area contributed by atoms with E-state index in [-0.39, 0.29) is 0 Å². The van der Waals surface area contributed by atoms with Crippen molar-refractivity contribution < 1.29 is 0 Å². The minimum absolute atomic E-state index is 1.06. The van der Waals surface area contributed by atoms with Crippen LogP contribution in [-0.2, 0) is 0 Å². The van der Waals surface area contributed by atoms with Crippen LogP contribution in [0, 0.1) is 0 Å². The summed E-state index contributed by atoms with van der Waals surface area (Å²) in [5.74, 6) is 0. The topological polar surface area (TPSA) is 12.0 Å². The molecule has 0 aliphatic carbocycles. The highest BCUT2D eigenvalue weighted by Gasteiger charge is 1.95. The third kappa shape index (κ3) is 4.67. The van der Waals surface area contributed by atoms with Gasteiger partial charge in [0, 0.05) is 0 Å². The highest BCUT2D eigenvalue weighted by molar-refractivity contribution is 5.65. The van der Waals surface area contributed by atoms with Crippen molar-refractivity contribution in [1.82, 2.24) is 5.32 Å². The van der Waals surface area contributed by atoms with Crippen LogP contribution in [0.3, 0.4) is 0 Å². The number of benzene rings is 2. The molecule has 0 saturated heterocycles. The van der Waals surface area contributed by atoms with Crippen LogP contribution in [0.2, 0.25) is 0 Å². The normalized spacial score (nSPS) is 11.1. The molecule has 0 aliphatic heterocycles. The van der Waals surface area contributed by atoms with Gasteiger partial charge in [0.15, 0.2) is 0 Å². The van der Waals surface area contributed by atoms with Gasteiger partial charge in [0.05, 0.1) is 0 Å². The zero-order valence-electron chi connectivity index (χ0n) is 12.2. The molecule has 0 aromatic heterocycles. The van der Waals surface area contributed by atoms with E-state index in [1.54, 1.807) is 0 Å². The summed E-state index contributed by atoms with van der Waals surface area (Å²) in [7, 11) is 0. The van der Waals surface area contributed by atoms with Crippen molar-refractivity contribution in [2.75, 3.05) is 13.1 Å². The molecule has 0 bridgehead atoms. The van der Waals surface area contributed by atoms with Crippen molar-refractivity contribution in [1.29, 1.82) is 0 Å². The molecular weight excluding hydrogens is 242 g/mol. The molecule has 0 amide bonds. The van der Waals surface area contributed by atoms with Gasteiger partial charge in [0.1, 0.15) is 0 Å². The molecule has 2 aromatic carbocycles. The second-order valence-corrected chi connectivity index (χ2v) is 4.93. The molecule has 0 fully saturated rings. The monoisotopic (exact) mass is 265 g/mol. The molecule has 0 unspecified atom stereocenters. The largest absolute Gasteiger partial charge is 0.316 e. The maximum absolute atomic E-state index is 3.40. The SMILES string of the molecule is CCCNCCC=Cc1ccc(-c2ccccc2)cc1. The highest BCUT2D eigenvalue weighted by atomic mass is 14.8. The van der Waals surface area contributed by atoms with Gasteiger partial charge in [-0.3, -0.25) is 0 Å². The fraction of sp³-hybridized carbons (Fsp3) is 0.263. The average molecular weight is 265 g/mol. The Bertz CT molecular complexity index is 511. The summed E-state index contributed by atoms with van der Waals surface area (Å²) >= 11 is 0. The van der Waals surface area contributed by atoms with E-state index in [0.29, 0.717) is 0 Å². The second kappa shape index (κ2) is 8.34. The van der Waals surface area contributed by atoms with E-state index in [1.807, 2.05) is 6.07 Å². The number of hydrogen-bond acceptors (Lipinski definition) is 1. The minimum Gasteiger partial charge on any atom is -0.316 e. The lowest BCUT2D eigenvalue weighted by Gasteiger charge is -2.02. The summed E-state index contributed by atoms with van der Waals surface area (Å²) in [6, 6.07) is 19.2. The molecule has 2 rings (SSSR count). The molecule has 0 radical (unpaired) electrons. The van der Waals surface area contributed by atoms with Gasteiger partial charge in [-0.1, -0.05) is 73.7 Å². The summed E-state index contributed by atoms with van der Waals surface area (Å²) in [6.07, 6.45) is 6.72. The Morgan fingerprint density at radius 2 is 1.55 bits per heavy atom. The third-order valence-corrected chi connectivity index (χ3v) is 3.24. The van der Waals surface area contributed by atoms with Crippen LogP contribution in [-0.4, -0.2) is 13.1 Å². The molecule has 104 valence electrons. The van der Waals surface area contributed by atoms with Crippen molar-refractivity contribution in [2.45, 2.75) is 19.8 Å². The van der Waals surface area contributed by atoms with Crippen molar-refractivity contribution in [3.8, 4) is 11.1 Å². The molecule has 0 aliphatic rings. The van der Waals surface area contributed by atoms with E-state index < -0.39 is 0 Å². The van der Waals surface area contributed by atoms with Gasteiger partial charge in [-0.15, -0.1) is 0 Å². The van der Waals surface area contributed by atoms with Gasteiger partial charge in [-0.2, -0.15) is 0 Å². The smallest absolute Gasteiger partial charge is 0.00142 e. The van der Waals surface area contributed by atoms with E-state index in [0.717, 1.165) is 19.5 Å². The number of hydrogen-bond donors (Lipinski definition) is 1. The Labute approximate surface area is 122 Å². The Morgan fingerprint density at radius 1 is 0.850 bits per heavy atom. The Balaban J connectivity index is 1.87. The lowest BCUT2D eigenvalue weighted by molar-refractivity contribution is 0.679. The van der Waals surface area contributed by atoms with E-state index in [1.165, 1.54) is 23.1 Å². The Morgan fingerprint density at radius 3 is 2.25 bits per heavy atom. The first kappa shape index (κ1) is 14.5. The van der Waals surface area contributed by atoms with Crippen LogP contribution in [0.4, 0.5) is 0 Å². The molecule has 1 nitrogen and oxygen atoms in total. The van der Waals surface area contributed by atoms with E-state index >= 15 is 0 Å². The fourth-order valence-electron chi connectivity index (χ4n) is 2.12. The predicted molar refractivity (Wildman–Crippen MR) is 88.7 cm³/mol. The highest BCUT2D eigenvalue weighted by Crippen LogP contribution is 2.19. The molecule has 0 spiro atoms. The minimum atomic E-state index is 1.06. The first-order chi connectivity index (χ1) is 9.90. The first-order valence-electron chi connectivity index (χ1n) is 7.43. The maximum atomic E-state index is 3.40. The standard InChI is InChI=1S/C19H23N/c1-2-15-20-16-7-6-8-17-11-13-19(14-12-17)18-9-4-3-5-10-18/h3-6,8-14,20H,2,7,15-16H2,1H3. The van der Waals surface area contributed by atoms with Crippen LogP contribution in [0.15, 0.2) is 60.7 Å². The van der Waals surface area contributed by atoms with Gasteiger partial charge < -0.3 is 5.32 Å². The average Bonchev–Trinajstić information content (AvgIpc) is 2.52. The van der Waals surface area contributed by atoms with Gasteiger partial charge in [-0.25, -0.2) is 0 Å². The molecule has 0 heterocycles. The number of nitrogens with one attached hydrogen (secondary N) is 1. The summed E-state index contributed by atoms with van der Waals surface area (Å²) in [5.41, 5.74) is 3.80. The summed E-state index contributed by atoms with van der Waals surface area (Å²) in [4.78, 5) is 0. The van der Waals surface area contributed by atoms with E-state index in [4.69, 9.17) is 0 Å². The number of rotatable bonds is 7. The van der Waals surface area contributed by atoms with E-state index in [2.05, 4.69) is 72.9 Å². The van der Waals surface area contributed by atoms with Crippen molar-refractivity contribution in [3.05, 3.63) is 66.2 Å². The molecule has 2 aromatic rings. The van der Waals surface area contributed by atoms with Crippen molar-refractivity contribution in [3.63, 3.8) is 0 Å². The molecule has 1 heteroatoms. The van der Waals surface area contributed by atoms with Crippen molar-refractivity contribution >= 4 is 6.08 Å². The zero-order chi connectivity index (χ0) is 14.0. The Kier molecular flexibility index (Phi) is 6.07. The molecule has 1 N–H and O–H groups in total. The zero-order valence-corrected chi connectivity index (χ0v) is 12.2. The van der Waals surface area contributed by atoms with Gasteiger partial charge in [0.2, 0.25) is 0 Å². The third-order valence-electron chi connectivity index (χ3n) is 3.24. The van der Waals surface area contributed by atoms with Crippen molar-refractivity contribution in [2.24, 2.45) is 0 Å².